The first-order valence-corrected chi connectivity index (χ1v) is 5.98. The summed E-state index contributed by atoms with van der Waals surface area (Å²) in [4.78, 5) is 46.2. The van der Waals surface area contributed by atoms with E-state index >= 15 is 0 Å². The van der Waals surface area contributed by atoms with Crippen molar-refractivity contribution >= 4 is 24.1 Å². The first kappa shape index (κ1) is 18.5. The van der Waals surface area contributed by atoms with Gasteiger partial charge in [0.1, 0.15) is 16.7 Å². The van der Waals surface area contributed by atoms with Crippen molar-refractivity contribution in [2.45, 2.75) is 0 Å². The fourth-order valence-electron chi connectivity index (χ4n) is 1.77. The van der Waals surface area contributed by atoms with E-state index in [0.717, 1.165) is 21.3 Å². The highest BCUT2D eigenvalue weighted by molar-refractivity contribution is 6.10. The van der Waals surface area contributed by atoms with Gasteiger partial charge in [-0.1, -0.05) is 0 Å². The summed E-state index contributed by atoms with van der Waals surface area (Å²) in [6, 6.07) is 0. The van der Waals surface area contributed by atoms with Gasteiger partial charge < -0.3 is 34.3 Å². The molecule has 1 rings (SSSR count). The predicted molar refractivity (Wildman–Crippen MR) is 72.4 cm³/mol. The number of carbonyl (C=O) groups is 4. The van der Waals surface area contributed by atoms with Crippen LogP contribution in [0.2, 0.25) is 0 Å². The average molecular weight is 344 g/mol. The van der Waals surface area contributed by atoms with Crippen molar-refractivity contribution in [3.63, 3.8) is 0 Å². The highest BCUT2D eigenvalue weighted by Gasteiger charge is 2.37. The van der Waals surface area contributed by atoms with Gasteiger partial charge in [-0.3, -0.25) is 0 Å². The molecule has 3 N–H and O–H groups in total. The van der Waals surface area contributed by atoms with Crippen molar-refractivity contribution in [1.29, 1.82) is 0 Å². The van der Waals surface area contributed by atoms with E-state index in [1.807, 2.05) is 0 Å². The lowest BCUT2D eigenvalue weighted by molar-refractivity contribution is 0.0582. The van der Waals surface area contributed by atoms with E-state index in [1.165, 1.54) is 0 Å². The number of aromatic hydroxyl groups is 2. The van der Waals surface area contributed by atoms with Crippen molar-refractivity contribution < 1.29 is 53.4 Å². The van der Waals surface area contributed by atoms with Gasteiger partial charge in [0, 0.05) is 0 Å². The molecule has 0 aromatic heterocycles. The molecule has 11 nitrogen and oxygen atoms in total. The minimum absolute atomic E-state index is 0.884. The zero-order valence-corrected chi connectivity index (χ0v) is 12.6. The Labute approximate surface area is 133 Å². The van der Waals surface area contributed by atoms with Gasteiger partial charge in [-0.25, -0.2) is 19.2 Å². The van der Waals surface area contributed by atoms with Crippen LogP contribution in [0.4, 0.5) is 4.79 Å². The Bertz CT molecular complexity index is 676. The summed E-state index contributed by atoms with van der Waals surface area (Å²) in [6.45, 7) is 0. The van der Waals surface area contributed by atoms with E-state index < -0.39 is 58.0 Å². The van der Waals surface area contributed by atoms with Crippen LogP contribution in [-0.2, 0) is 14.2 Å². The topological polar surface area (TPSA) is 166 Å². The second kappa shape index (κ2) is 7.17. The third-order valence-electron chi connectivity index (χ3n) is 2.76. The predicted octanol–water partition coefficient (Wildman–Crippen LogP) is 0.514. The molecule has 0 bridgehead atoms. The minimum atomic E-state index is -1.98. The molecule has 0 aliphatic rings. The molecule has 0 spiro atoms. The third-order valence-corrected chi connectivity index (χ3v) is 2.76. The molecule has 0 fully saturated rings. The Morgan fingerprint density at radius 1 is 0.708 bits per heavy atom. The fourth-order valence-corrected chi connectivity index (χ4v) is 1.77. The number of carboxylic acid groups (broad SMARTS) is 1. The summed E-state index contributed by atoms with van der Waals surface area (Å²) in [5.74, 6) is -7.48. The largest absolute Gasteiger partial charge is 0.511 e. The van der Waals surface area contributed by atoms with Crippen LogP contribution in [0.25, 0.3) is 0 Å². The Morgan fingerprint density at radius 2 is 1.04 bits per heavy atom. The summed E-state index contributed by atoms with van der Waals surface area (Å²) in [6.07, 6.45) is -1.98. The fraction of sp³-hybridized carbons (Fsp3) is 0.231. The summed E-state index contributed by atoms with van der Waals surface area (Å²) < 4.78 is 17.3. The monoisotopic (exact) mass is 344 g/mol. The summed E-state index contributed by atoms with van der Waals surface area (Å²) >= 11 is 0. The van der Waals surface area contributed by atoms with Crippen LogP contribution >= 0.6 is 0 Å². The quantitative estimate of drug-likeness (QED) is 0.395. The standard InChI is InChI=1S/C13H12O11/c1-21-10(16)4-7(14)5(11(17)22-2)9(24-13(19)20)6(8(4)15)12(18)23-3/h14-15H,1-3H3,(H,19,20). The molecular formula is C13H12O11. The molecule has 0 heterocycles. The minimum Gasteiger partial charge on any atom is -0.506 e. The van der Waals surface area contributed by atoms with Crippen LogP contribution in [0, 0.1) is 0 Å². The van der Waals surface area contributed by atoms with Crippen molar-refractivity contribution in [3.8, 4) is 17.2 Å². The van der Waals surface area contributed by atoms with Gasteiger partial charge in [0.15, 0.2) is 17.2 Å². The zero-order valence-electron chi connectivity index (χ0n) is 12.6. The van der Waals surface area contributed by atoms with Gasteiger partial charge in [0.2, 0.25) is 0 Å². The zero-order chi connectivity index (χ0) is 18.6. The van der Waals surface area contributed by atoms with E-state index in [1.54, 1.807) is 0 Å². The second-order valence-corrected chi connectivity index (χ2v) is 3.99. The van der Waals surface area contributed by atoms with Crippen LogP contribution in [0.1, 0.15) is 31.1 Å². The van der Waals surface area contributed by atoms with E-state index in [4.69, 9.17) is 5.11 Å². The van der Waals surface area contributed by atoms with E-state index in [2.05, 4.69) is 18.9 Å². The lowest BCUT2D eigenvalue weighted by atomic mass is 10.00. The Kier molecular flexibility index (Phi) is 5.54. The first-order valence-electron chi connectivity index (χ1n) is 5.98. The van der Waals surface area contributed by atoms with Crippen LogP contribution in [0.5, 0.6) is 17.2 Å². The molecule has 11 heteroatoms. The Balaban J connectivity index is 4.02. The van der Waals surface area contributed by atoms with Gasteiger partial charge in [-0.15, -0.1) is 0 Å². The van der Waals surface area contributed by atoms with Gasteiger partial charge in [0.25, 0.3) is 0 Å². The number of ether oxygens (including phenoxy) is 4. The highest BCUT2D eigenvalue weighted by atomic mass is 16.7. The van der Waals surface area contributed by atoms with Gasteiger partial charge in [0.05, 0.1) is 21.3 Å². The molecule has 0 aliphatic carbocycles. The highest BCUT2D eigenvalue weighted by Crippen LogP contribution is 2.43. The molecule has 130 valence electrons. The van der Waals surface area contributed by atoms with Gasteiger partial charge in [-0.05, 0) is 0 Å². The molecule has 24 heavy (non-hydrogen) atoms. The molecule has 0 aliphatic heterocycles. The average Bonchev–Trinajstić information content (AvgIpc) is 2.53. The summed E-state index contributed by atoms with van der Waals surface area (Å²) in [5, 5.41) is 28.9. The number of rotatable bonds is 4. The smallest absolute Gasteiger partial charge is 0.506 e. The Morgan fingerprint density at radius 3 is 1.33 bits per heavy atom. The van der Waals surface area contributed by atoms with Crippen molar-refractivity contribution in [2.24, 2.45) is 0 Å². The van der Waals surface area contributed by atoms with Crippen LogP contribution in [0.15, 0.2) is 0 Å². The molecule has 0 saturated heterocycles. The number of methoxy groups -OCH3 is 3. The maximum Gasteiger partial charge on any atom is 0.511 e. The molecule has 0 atom stereocenters. The number of phenolic OH excluding ortho intramolecular Hbond substituents is 2. The molecule has 1 aromatic carbocycles. The summed E-state index contributed by atoms with van der Waals surface area (Å²) in [5.41, 5.74) is -2.95. The molecule has 0 unspecified atom stereocenters. The first-order chi connectivity index (χ1) is 11.2. The number of hydrogen-bond acceptors (Lipinski definition) is 10. The Hall–Kier alpha value is -3.50. The normalized spacial score (nSPS) is 9.79. The molecule has 0 radical (unpaired) electrons. The number of hydrogen-bond donors (Lipinski definition) is 3. The van der Waals surface area contributed by atoms with Crippen LogP contribution < -0.4 is 4.74 Å². The SMILES string of the molecule is COC(=O)c1c(O)c(C(=O)OC)c(OC(=O)O)c(C(=O)OC)c1O. The second-order valence-electron chi connectivity index (χ2n) is 3.99. The van der Waals surface area contributed by atoms with E-state index in [0.29, 0.717) is 0 Å². The maximum atomic E-state index is 11.8. The molecule has 1 aromatic rings. The number of carbonyl (C=O) groups excluding carboxylic acids is 3. The third kappa shape index (κ3) is 3.14. The van der Waals surface area contributed by atoms with Crippen molar-refractivity contribution in [1.82, 2.24) is 0 Å². The van der Waals surface area contributed by atoms with Crippen LogP contribution in [0.3, 0.4) is 0 Å². The summed E-state index contributed by atoms with van der Waals surface area (Å²) in [7, 11) is 2.67. The van der Waals surface area contributed by atoms with E-state index in [9.17, 15) is 29.4 Å². The molecule has 0 amide bonds. The number of benzene rings is 1. The van der Waals surface area contributed by atoms with Gasteiger partial charge in [-0.2, -0.15) is 0 Å². The van der Waals surface area contributed by atoms with Crippen molar-refractivity contribution in [2.75, 3.05) is 21.3 Å². The lowest BCUT2D eigenvalue weighted by Gasteiger charge is -2.16. The van der Waals surface area contributed by atoms with Crippen molar-refractivity contribution in [3.05, 3.63) is 16.7 Å². The molecular weight excluding hydrogens is 332 g/mol. The number of esters is 3. The lowest BCUT2D eigenvalue weighted by Crippen LogP contribution is -2.18. The number of phenols is 2. The van der Waals surface area contributed by atoms with Crippen LogP contribution in [-0.4, -0.2) is 60.7 Å². The van der Waals surface area contributed by atoms with Gasteiger partial charge >= 0.3 is 24.1 Å². The maximum absolute atomic E-state index is 11.8. The molecule has 0 saturated carbocycles. The van der Waals surface area contributed by atoms with E-state index in [-0.39, 0.29) is 0 Å².